The Balaban J connectivity index is 1.85. The fourth-order valence-corrected chi connectivity index (χ4v) is 2.26. The van der Waals surface area contributed by atoms with Gasteiger partial charge in [-0.3, -0.25) is 0 Å². The van der Waals surface area contributed by atoms with Crippen LogP contribution in [0, 0.1) is 0 Å². The van der Waals surface area contributed by atoms with Gasteiger partial charge >= 0.3 is 0 Å². The number of hydrogen-bond donors (Lipinski definition) is 1. The summed E-state index contributed by atoms with van der Waals surface area (Å²) in [6, 6.07) is 8.88. The molecule has 1 aromatic heterocycles. The van der Waals surface area contributed by atoms with Crippen LogP contribution in [0.5, 0.6) is 0 Å². The highest BCUT2D eigenvalue weighted by Crippen LogP contribution is 2.29. The zero-order valence-electron chi connectivity index (χ0n) is 12.5. The van der Waals surface area contributed by atoms with Crippen LogP contribution >= 0.6 is 0 Å². The summed E-state index contributed by atoms with van der Waals surface area (Å²) in [5.41, 5.74) is 2.00. The van der Waals surface area contributed by atoms with Gasteiger partial charge in [0.1, 0.15) is 11.3 Å². The molecule has 2 aromatic rings. The third-order valence-electron chi connectivity index (χ3n) is 3.56. The molecule has 1 aromatic carbocycles. The molecule has 20 heavy (non-hydrogen) atoms. The van der Waals surface area contributed by atoms with Crippen molar-refractivity contribution in [2.45, 2.75) is 58.4 Å². The molecule has 1 heterocycles. The van der Waals surface area contributed by atoms with Gasteiger partial charge in [0, 0.05) is 17.0 Å². The molecule has 3 rings (SSSR count). The van der Waals surface area contributed by atoms with Gasteiger partial charge in [-0.25, -0.2) is 0 Å². The maximum atomic E-state index is 6.00. The molecular formula is C17H23NO2. The fraction of sp³-hybridized carbons (Fsp3) is 0.529. The van der Waals surface area contributed by atoms with Gasteiger partial charge in [0.05, 0.1) is 18.8 Å². The number of para-hydroxylation sites is 1. The lowest BCUT2D eigenvalue weighted by Gasteiger charge is -2.19. The summed E-state index contributed by atoms with van der Waals surface area (Å²) in [5.74, 6) is 1.02. The number of benzene rings is 1. The molecular weight excluding hydrogens is 250 g/mol. The first-order valence-electron chi connectivity index (χ1n) is 7.39. The van der Waals surface area contributed by atoms with Gasteiger partial charge < -0.3 is 14.5 Å². The minimum absolute atomic E-state index is 0.139. The summed E-state index contributed by atoms with van der Waals surface area (Å²) in [4.78, 5) is 0. The van der Waals surface area contributed by atoms with Gasteiger partial charge in [-0.1, -0.05) is 18.2 Å². The molecule has 1 N–H and O–H groups in total. The molecule has 0 amide bonds. The first kappa shape index (κ1) is 13.7. The number of fused-ring (bicyclic) bond motifs is 1. The van der Waals surface area contributed by atoms with E-state index in [0.29, 0.717) is 12.6 Å². The summed E-state index contributed by atoms with van der Waals surface area (Å²) in [7, 11) is 0. The lowest BCUT2D eigenvalue weighted by molar-refractivity contribution is -0.0151. The molecule has 0 saturated heterocycles. The second-order valence-electron chi connectivity index (χ2n) is 6.56. The fourth-order valence-electron chi connectivity index (χ4n) is 2.26. The first-order chi connectivity index (χ1) is 9.53. The quantitative estimate of drug-likeness (QED) is 0.894. The van der Waals surface area contributed by atoms with E-state index in [1.54, 1.807) is 0 Å². The zero-order valence-corrected chi connectivity index (χ0v) is 12.5. The Hall–Kier alpha value is -1.32. The van der Waals surface area contributed by atoms with Crippen molar-refractivity contribution in [2.24, 2.45) is 0 Å². The molecule has 1 saturated carbocycles. The molecule has 3 heteroatoms. The average molecular weight is 273 g/mol. The summed E-state index contributed by atoms with van der Waals surface area (Å²) < 4.78 is 12.0. The first-order valence-corrected chi connectivity index (χ1v) is 7.39. The lowest BCUT2D eigenvalue weighted by atomic mass is 10.1. The van der Waals surface area contributed by atoms with Crippen molar-refractivity contribution in [1.82, 2.24) is 5.32 Å². The minimum atomic E-state index is -0.139. The van der Waals surface area contributed by atoms with Gasteiger partial charge in [-0.05, 0) is 39.7 Å². The Morgan fingerprint density at radius 2 is 2.00 bits per heavy atom. The van der Waals surface area contributed by atoms with Crippen LogP contribution in [-0.4, -0.2) is 11.6 Å². The highest BCUT2D eigenvalue weighted by molar-refractivity contribution is 5.82. The Morgan fingerprint density at radius 3 is 2.70 bits per heavy atom. The van der Waals surface area contributed by atoms with E-state index in [2.05, 4.69) is 38.2 Å². The van der Waals surface area contributed by atoms with Crippen LogP contribution in [0.15, 0.2) is 28.7 Å². The van der Waals surface area contributed by atoms with Crippen molar-refractivity contribution in [2.75, 3.05) is 0 Å². The smallest absolute Gasteiger partial charge is 0.134 e. The second-order valence-corrected chi connectivity index (χ2v) is 6.56. The number of ether oxygens (including phenoxy) is 1. The number of hydrogen-bond acceptors (Lipinski definition) is 3. The molecule has 3 nitrogen and oxygen atoms in total. The van der Waals surface area contributed by atoms with Crippen molar-refractivity contribution < 1.29 is 9.15 Å². The molecule has 1 fully saturated rings. The monoisotopic (exact) mass is 273 g/mol. The van der Waals surface area contributed by atoms with E-state index in [9.17, 15) is 0 Å². The Kier molecular flexibility index (Phi) is 3.57. The van der Waals surface area contributed by atoms with Gasteiger partial charge in [-0.15, -0.1) is 0 Å². The normalized spacial score (nSPS) is 15.9. The summed E-state index contributed by atoms with van der Waals surface area (Å²) in [6.07, 6.45) is 2.57. The predicted molar refractivity (Wildman–Crippen MR) is 80.6 cm³/mol. The summed E-state index contributed by atoms with van der Waals surface area (Å²) in [5, 5.41) is 4.69. The van der Waals surface area contributed by atoms with Crippen LogP contribution in [-0.2, 0) is 17.9 Å². The predicted octanol–water partition coefficient (Wildman–Crippen LogP) is 4.00. The van der Waals surface area contributed by atoms with E-state index >= 15 is 0 Å². The molecule has 1 aliphatic rings. The van der Waals surface area contributed by atoms with Crippen LogP contribution in [0.1, 0.15) is 44.9 Å². The number of rotatable bonds is 5. The second kappa shape index (κ2) is 5.23. The minimum Gasteiger partial charge on any atom is -0.459 e. The highest BCUT2D eigenvalue weighted by Gasteiger charge is 2.23. The topological polar surface area (TPSA) is 34.4 Å². The van der Waals surface area contributed by atoms with Crippen LogP contribution in [0.3, 0.4) is 0 Å². The van der Waals surface area contributed by atoms with Crippen molar-refractivity contribution >= 4 is 11.0 Å². The average Bonchev–Trinajstić information content (AvgIpc) is 3.14. The molecule has 0 aliphatic heterocycles. The Labute approximate surface area is 120 Å². The standard InChI is InChI=1S/C17H23NO2/c1-17(2,3)19-11-14-13-6-4-5-7-15(13)20-16(14)10-18-12-8-9-12/h4-7,12,18H,8-11H2,1-3H3. The van der Waals surface area contributed by atoms with Crippen LogP contribution in [0.25, 0.3) is 11.0 Å². The highest BCUT2D eigenvalue weighted by atomic mass is 16.5. The molecule has 0 atom stereocenters. The van der Waals surface area contributed by atoms with Crippen LogP contribution in [0.4, 0.5) is 0 Å². The van der Waals surface area contributed by atoms with E-state index in [1.807, 2.05) is 12.1 Å². The van der Waals surface area contributed by atoms with E-state index < -0.39 is 0 Å². The molecule has 1 aliphatic carbocycles. The van der Waals surface area contributed by atoms with Crippen LogP contribution in [0.2, 0.25) is 0 Å². The number of furan rings is 1. The summed E-state index contributed by atoms with van der Waals surface area (Å²) >= 11 is 0. The Morgan fingerprint density at radius 1 is 1.25 bits per heavy atom. The van der Waals surface area contributed by atoms with Crippen molar-refractivity contribution in [3.63, 3.8) is 0 Å². The van der Waals surface area contributed by atoms with Gasteiger partial charge in [0.15, 0.2) is 0 Å². The number of nitrogens with one attached hydrogen (secondary N) is 1. The van der Waals surface area contributed by atoms with Crippen molar-refractivity contribution in [3.05, 3.63) is 35.6 Å². The third kappa shape index (κ3) is 3.22. The van der Waals surface area contributed by atoms with E-state index in [0.717, 1.165) is 17.9 Å². The SMILES string of the molecule is CC(C)(C)OCc1c(CNC2CC2)oc2ccccc12. The summed E-state index contributed by atoms with van der Waals surface area (Å²) in [6.45, 7) is 7.64. The van der Waals surface area contributed by atoms with Crippen molar-refractivity contribution in [3.8, 4) is 0 Å². The zero-order chi connectivity index (χ0) is 14.2. The molecule has 0 bridgehead atoms. The Bertz CT molecular complexity index is 591. The van der Waals surface area contributed by atoms with E-state index in [1.165, 1.54) is 23.8 Å². The molecule has 0 spiro atoms. The van der Waals surface area contributed by atoms with E-state index in [-0.39, 0.29) is 5.60 Å². The maximum Gasteiger partial charge on any atom is 0.134 e. The van der Waals surface area contributed by atoms with Crippen LogP contribution < -0.4 is 5.32 Å². The molecule has 0 radical (unpaired) electrons. The lowest BCUT2D eigenvalue weighted by Crippen LogP contribution is -2.20. The third-order valence-corrected chi connectivity index (χ3v) is 3.56. The van der Waals surface area contributed by atoms with E-state index in [4.69, 9.17) is 9.15 Å². The van der Waals surface area contributed by atoms with Gasteiger partial charge in [0.2, 0.25) is 0 Å². The van der Waals surface area contributed by atoms with Crippen molar-refractivity contribution in [1.29, 1.82) is 0 Å². The maximum absolute atomic E-state index is 6.00. The largest absolute Gasteiger partial charge is 0.459 e. The van der Waals surface area contributed by atoms with Gasteiger partial charge in [0.25, 0.3) is 0 Å². The molecule has 108 valence electrons. The molecule has 0 unspecified atom stereocenters. The van der Waals surface area contributed by atoms with Gasteiger partial charge in [-0.2, -0.15) is 0 Å².